The Morgan fingerprint density at radius 2 is 1.46 bits per heavy atom. The summed E-state index contributed by atoms with van der Waals surface area (Å²) < 4.78 is 11.1. The van der Waals surface area contributed by atoms with Gasteiger partial charge in [0.1, 0.15) is 5.75 Å². The van der Waals surface area contributed by atoms with Crippen molar-refractivity contribution in [3.05, 3.63) is 66.5 Å². The average molecular weight is 523 g/mol. The van der Waals surface area contributed by atoms with Gasteiger partial charge in [-0.15, -0.1) is 11.6 Å². The second kappa shape index (κ2) is 15.5. The number of hydrogen-bond donors (Lipinski definition) is 0. The molecule has 5 nitrogen and oxygen atoms in total. The number of aromatic nitrogens is 2. The number of benzene rings is 2. The Balaban J connectivity index is 1.50. The molecule has 0 aliphatic carbocycles. The molecule has 2 atom stereocenters. The third-order valence-electron chi connectivity index (χ3n) is 6.30. The zero-order valence-corrected chi connectivity index (χ0v) is 23.0. The fraction of sp³-hybridized carbons (Fsp3) is 0.452. The van der Waals surface area contributed by atoms with Gasteiger partial charge >= 0.3 is 5.97 Å². The van der Waals surface area contributed by atoms with E-state index in [4.69, 9.17) is 21.1 Å². The summed E-state index contributed by atoms with van der Waals surface area (Å²) in [4.78, 5) is 21.4. The first kappa shape index (κ1) is 28.8. The number of nitrogens with zero attached hydrogens (tertiary/aromatic N) is 2. The van der Waals surface area contributed by atoms with Gasteiger partial charge < -0.3 is 9.47 Å². The van der Waals surface area contributed by atoms with Gasteiger partial charge in [0.2, 0.25) is 0 Å². The SMILES string of the molecule is CCCCCCCc1cnc(-c2ccc(-c3ccc(OC(=O)C[C@@H](C)OCC(Cl)CC)cc3)cc2)nc1. The predicted octanol–water partition coefficient (Wildman–Crippen LogP) is 8.04. The maximum atomic E-state index is 12.2. The van der Waals surface area contributed by atoms with Gasteiger partial charge in [-0.3, -0.25) is 4.79 Å². The Hall–Kier alpha value is -2.76. The van der Waals surface area contributed by atoms with Crippen LogP contribution in [0.25, 0.3) is 22.5 Å². The maximum Gasteiger partial charge on any atom is 0.313 e. The van der Waals surface area contributed by atoms with Crippen LogP contribution in [0.1, 0.15) is 71.3 Å². The van der Waals surface area contributed by atoms with E-state index in [1.54, 1.807) is 0 Å². The highest BCUT2D eigenvalue weighted by Gasteiger charge is 2.13. The van der Waals surface area contributed by atoms with Gasteiger partial charge in [-0.05, 0) is 55.0 Å². The van der Waals surface area contributed by atoms with Crippen LogP contribution >= 0.6 is 11.6 Å². The lowest BCUT2D eigenvalue weighted by Gasteiger charge is -2.14. The molecule has 0 aliphatic rings. The summed E-state index contributed by atoms with van der Waals surface area (Å²) in [5.41, 5.74) is 4.29. The first-order valence-corrected chi connectivity index (χ1v) is 13.9. The van der Waals surface area contributed by atoms with E-state index in [0.717, 1.165) is 35.4 Å². The van der Waals surface area contributed by atoms with Gasteiger partial charge in [-0.2, -0.15) is 0 Å². The molecule has 0 amide bonds. The van der Waals surface area contributed by atoms with Crippen molar-refractivity contribution in [3.63, 3.8) is 0 Å². The highest BCUT2D eigenvalue weighted by atomic mass is 35.5. The van der Waals surface area contributed by atoms with Crippen molar-refractivity contribution in [2.45, 2.75) is 83.6 Å². The van der Waals surface area contributed by atoms with Gasteiger partial charge in [0.15, 0.2) is 5.82 Å². The van der Waals surface area contributed by atoms with Crippen LogP contribution in [0.5, 0.6) is 5.75 Å². The lowest BCUT2D eigenvalue weighted by atomic mass is 10.0. The number of aryl methyl sites for hydroxylation is 1. The molecular weight excluding hydrogens is 484 g/mol. The third kappa shape index (κ3) is 9.90. The Kier molecular flexibility index (Phi) is 12.1. The zero-order valence-electron chi connectivity index (χ0n) is 22.3. The van der Waals surface area contributed by atoms with Crippen molar-refractivity contribution in [3.8, 4) is 28.3 Å². The molecule has 1 unspecified atom stereocenters. The number of carbonyl (C=O) groups excluding carboxylic acids is 1. The highest BCUT2D eigenvalue weighted by Crippen LogP contribution is 2.25. The smallest absolute Gasteiger partial charge is 0.313 e. The first-order chi connectivity index (χ1) is 18.0. The van der Waals surface area contributed by atoms with Gasteiger partial charge in [-0.25, -0.2) is 9.97 Å². The van der Waals surface area contributed by atoms with Crippen LogP contribution in [0.3, 0.4) is 0 Å². The molecule has 0 spiro atoms. The van der Waals surface area contributed by atoms with Crippen LogP contribution in [-0.2, 0) is 16.0 Å². The van der Waals surface area contributed by atoms with Crippen LogP contribution < -0.4 is 4.74 Å². The summed E-state index contributed by atoms with van der Waals surface area (Å²) in [6, 6.07) is 15.7. The molecule has 2 aromatic carbocycles. The summed E-state index contributed by atoms with van der Waals surface area (Å²) in [6.45, 7) is 6.51. The fourth-order valence-corrected chi connectivity index (χ4v) is 4.02. The van der Waals surface area contributed by atoms with E-state index in [2.05, 4.69) is 29.0 Å². The standard InChI is InChI=1S/C31H39ClN2O3/c1-4-6-7-8-9-10-24-20-33-31(34-21-24)27-13-11-25(12-14-27)26-15-17-29(18-16-26)37-30(35)19-23(3)36-22-28(32)5-2/h11-18,20-21,23,28H,4-10,19,22H2,1-3H3/t23-,28?/m1/s1. The largest absolute Gasteiger partial charge is 0.426 e. The molecule has 6 heteroatoms. The number of unbranched alkanes of at least 4 members (excludes halogenated alkanes) is 4. The maximum absolute atomic E-state index is 12.2. The Morgan fingerprint density at radius 1 is 0.865 bits per heavy atom. The second-order valence-corrected chi connectivity index (χ2v) is 10.1. The van der Waals surface area contributed by atoms with Gasteiger partial charge in [0.05, 0.1) is 24.5 Å². The summed E-state index contributed by atoms with van der Waals surface area (Å²) in [5.74, 6) is 0.924. The first-order valence-electron chi connectivity index (χ1n) is 13.5. The Bertz CT molecular complexity index is 1070. The highest BCUT2D eigenvalue weighted by molar-refractivity contribution is 6.20. The molecule has 0 saturated heterocycles. The minimum Gasteiger partial charge on any atom is -0.426 e. The molecule has 1 aromatic heterocycles. The minimum absolute atomic E-state index is 0.0388. The van der Waals surface area contributed by atoms with E-state index in [1.807, 2.05) is 62.6 Å². The fourth-order valence-electron chi connectivity index (χ4n) is 3.95. The van der Waals surface area contributed by atoms with Crippen LogP contribution in [0.4, 0.5) is 0 Å². The topological polar surface area (TPSA) is 61.3 Å². The second-order valence-electron chi connectivity index (χ2n) is 9.51. The van der Waals surface area contributed by atoms with E-state index >= 15 is 0 Å². The molecule has 1 heterocycles. The lowest BCUT2D eigenvalue weighted by molar-refractivity contribution is -0.137. The molecule has 0 radical (unpaired) electrons. The molecule has 3 rings (SSSR count). The quantitative estimate of drug-likeness (QED) is 0.0874. The van der Waals surface area contributed by atoms with E-state index < -0.39 is 0 Å². The molecule has 0 saturated carbocycles. The average Bonchev–Trinajstić information content (AvgIpc) is 2.92. The van der Waals surface area contributed by atoms with Crippen molar-refractivity contribution < 1.29 is 14.3 Å². The number of esters is 1. The summed E-state index contributed by atoms with van der Waals surface area (Å²) in [6.07, 6.45) is 12.0. The van der Waals surface area contributed by atoms with Crippen LogP contribution in [0, 0.1) is 0 Å². The van der Waals surface area contributed by atoms with E-state index in [-0.39, 0.29) is 23.9 Å². The number of hydrogen-bond acceptors (Lipinski definition) is 5. The van der Waals surface area contributed by atoms with E-state index in [1.165, 1.54) is 37.7 Å². The summed E-state index contributed by atoms with van der Waals surface area (Å²) >= 11 is 6.07. The Morgan fingerprint density at radius 3 is 2.08 bits per heavy atom. The third-order valence-corrected chi connectivity index (χ3v) is 6.73. The van der Waals surface area contributed by atoms with Crippen LogP contribution in [0.15, 0.2) is 60.9 Å². The summed E-state index contributed by atoms with van der Waals surface area (Å²) in [7, 11) is 0. The molecule has 3 aromatic rings. The predicted molar refractivity (Wildman–Crippen MR) is 151 cm³/mol. The minimum atomic E-state index is -0.324. The molecule has 0 N–H and O–H groups in total. The van der Waals surface area contributed by atoms with Crippen LogP contribution in [-0.4, -0.2) is 34.0 Å². The van der Waals surface area contributed by atoms with Gasteiger partial charge in [0.25, 0.3) is 0 Å². The van der Waals surface area contributed by atoms with Crippen molar-refractivity contribution in [1.82, 2.24) is 9.97 Å². The molecule has 198 valence electrons. The molecule has 0 aliphatic heterocycles. The zero-order chi connectivity index (χ0) is 26.5. The monoisotopic (exact) mass is 522 g/mol. The van der Waals surface area contributed by atoms with Crippen LogP contribution in [0.2, 0.25) is 0 Å². The Labute approximate surface area is 226 Å². The number of alkyl halides is 1. The van der Waals surface area contributed by atoms with E-state index in [9.17, 15) is 4.79 Å². The van der Waals surface area contributed by atoms with Crippen molar-refractivity contribution in [1.29, 1.82) is 0 Å². The summed E-state index contributed by atoms with van der Waals surface area (Å²) in [5, 5.41) is -0.0388. The molecular formula is C31H39ClN2O3. The normalized spacial score (nSPS) is 12.8. The number of rotatable bonds is 15. The van der Waals surface area contributed by atoms with Gasteiger partial charge in [-0.1, -0.05) is 75.9 Å². The number of halogens is 1. The van der Waals surface area contributed by atoms with E-state index in [0.29, 0.717) is 12.4 Å². The molecule has 0 fully saturated rings. The van der Waals surface area contributed by atoms with Crippen molar-refractivity contribution in [2.24, 2.45) is 0 Å². The van der Waals surface area contributed by atoms with Gasteiger partial charge in [0, 0.05) is 18.0 Å². The number of ether oxygens (including phenoxy) is 2. The van der Waals surface area contributed by atoms with Crippen molar-refractivity contribution >= 4 is 17.6 Å². The van der Waals surface area contributed by atoms with Crippen molar-refractivity contribution in [2.75, 3.05) is 6.61 Å². The molecule has 0 bridgehead atoms. The molecule has 37 heavy (non-hydrogen) atoms. The number of carbonyl (C=O) groups is 1. The lowest BCUT2D eigenvalue weighted by Crippen LogP contribution is -2.21.